The van der Waals surface area contributed by atoms with Gasteiger partial charge >= 0.3 is 0 Å². The van der Waals surface area contributed by atoms with Crippen molar-refractivity contribution in [1.29, 1.82) is 0 Å². The minimum absolute atomic E-state index is 0. The Kier molecular flexibility index (Phi) is 3.93. The van der Waals surface area contributed by atoms with Crippen LogP contribution in [0.15, 0.2) is 0 Å². The lowest BCUT2D eigenvalue weighted by atomic mass is 10.4. The number of unbranched alkanes of at least 4 members (excludes halogenated alkanes) is 1. The van der Waals surface area contributed by atoms with E-state index in [0.717, 1.165) is 12.8 Å². The molecule has 1 nitrogen and oxygen atoms in total. The van der Waals surface area contributed by atoms with Crippen LogP contribution in [0.1, 0.15) is 21.2 Å². The first-order valence-corrected chi connectivity index (χ1v) is 2.02. The van der Waals surface area contributed by atoms with Crippen molar-refractivity contribution in [3.63, 3.8) is 0 Å². The Morgan fingerprint density at radius 3 is 2.40 bits per heavy atom. The van der Waals surface area contributed by atoms with Crippen LogP contribution in [-0.2, 0) is 0 Å². The summed E-state index contributed by atoms with van der Waals surface area (Å²) in [7, 11) is 0. The number of aliphatic hydroxyl groups is 1. The molecule has 0 heterocycles. The summed E-state index contributed by atoms with van der Waals surface area (Å²) in [6.07, 6.45) is 2.04. The highest BCUT2D eigenvalue weighted by atomic mass is 16.2. The van der Waals surface area contributed by atoms with E-state index in [4.69, 9.17) is 5.11 Å². The smallest absolute Gasteiger partial charge is 0.0430 e. The quantitative estimate of drug-likeness (QED) is 0.521. The van der Waals surface area contributed by atoms with E-state index in [0.29, 0.717) is 6.61 Å². The summed E-state index contributed by atoms with van der Waals surface area (Å²) in [6.45, 7) is 2.40. The molecule has 1 N–H and O–H groups in total. The van der Waals surface area contributed by atoms with E-state index < -0.39 is 0 Å². The fourth-order valence-electron chi connectivity index (χ4n) is 0.158. The molecule has 0 aliphatic carbocycles. The molecule has 0 aromatic heterocycles. The van der Waals surface area contributed by atoms with Gasteiger partial charge in [-0.15, -0.1) is 0 Å². The highest BCUT2D eigenvalue weighted by Crippen LogP contribution is 1.78. The minimum atomic E-state index is 0. The van der Waals surface area contributed by atoms with Gasteiger partial charge in [-0.25, -0.2) is 0 Å². The van der Waals surface area contributed by atoms with Crippen molar-refractivity contribution < 1.29 is 6.53 Å². The lowest BCUT2D eigenvalue weighted by Crippen LogP contribution is -1.75. The van der Waals surface area contributed by atoms with Crippen LogP contribution in [-0.4, -0.2) is 11.7 Å². The number of hydrogen-bond acceptors (Lipinski definition) is 1. The van der Waals surface area contributed by atoms with Crippen molar-refractivity contribution in [2.75, 3.05) is 6.61 Å². The Bertz CT molecular complexity index is 15.0. The third-order valence-electron chi connectivity index (χ3n) is 0.512. The predicted octanol–water partition coefficient (Wildman–Crippen LogP) is 1.02. The standard InChI is InChI=1S/C4H10O.H2/c1-2-3-4-5;/h5H,2-4H2,1H3;1H/i;1+1. The van der Waals surface area contributed by atoms with E-state index in [9.17, 15) is 0 Å². The highest BCUT2D eigenvalue weighted by Gasteiger charge is 1.69. The van der Waals surface area contributed by atoms with Gasteiger partial charge in [0.1, 0.15) is 0 Å². The van der Waals surface area contributed by atoms with Crippen LogP contribution in [0, 0.1) is 0 Å². The Morgan fingerprint density at radius 1 is 1.80 bits per heavy atom. The van der Waals surface area contributed by atoms with Gasteiger partial charge in [-0.05, 0) is 6.42 Å². The molecule has 0 aliphatic heterocycles. The lowest BCUT2D eigenvalue weighted by molar-refractivity contribution is 0.287. The van der Waals surface area contributed by atoms with Crippen LogP contribution in [0.25, 0.3) is 0 Å². The SMILES string of the molecule is CCCCO.[2HH]. The van der Waals surface area contributed by atoms with Crippen LogP contribution < -0.4 is 0 Å². The van der Waals surface area contributed by atoms with Gasteiger partial charge in [0.15, 0.2) is 0 Å². The van der Waals surface area contributed by atoms with Gasteiger partial charge in [0, 0.05) is 8.03 Å². The third-order valence-corrected chi connectivity index (χ3v) is 0.512. The largest absolute Gasteiger partial charge is 0.396 e. The van der Waals surface area contributed by atoms with Crippen molar-refractivity contribution in [2.24, 2.45) is 0 Å². The molecular weight excluding hydrogens is 64.0 g/mol. The maximum Gasteiger partial charge on any atom is 0.0430 e. The molecular formula is C4H12O. The first-order valence-electron chi connectivity index (χ1n) is 2.02. The Hall–Kier alpha value is -0.0400. The second-order valence-corrected chi connectivity index (χ2v) is 1.08. The fraction of sp³-hybridized carbons (Fsp3) is 1.00. The van der Waals surface area contributed by atoms with Crippen LogP contribution in [0.5, 0.6) is 0 Å². The van der Waals surface area contributed by atoms with Crippen molar-refractivity contribution in [3.05, 3.63) is 0 Å². The van der Waals surface area contributed by atoms with Crippen molar-refractivity contribution in [2.45, 2.75) is 19.8 Å². The summed E-state index contributed by atoms with van der Waals surface area (Å²) in [5, 5.41) is 8.07. The summed E-state index contributed by atoms with van der Waals surface area (Å²) < 4.78 is 0. The van der Waals surface area contributed by atoms with E-state index in [2.05, 4.69) is 6.92 Å². The second kappa shape index (κ2) is 3.96. The maximum atomic E-state index is 8.07. The van der Waals surface area contributed by atoms with Gasteiger partial charge in [0.2, 0.25) is 0 Å². The monoisotopic (exact) mass is 77.1 g/mol. The topological polar surface area (TPSA) is 20.2 Å². The summed E-state index contributed by atoms with van der Waals surface area (Å²) in [6, 6.07) is 0. The van der Waals surface area contributed by atoms with E-state index in [-0.39, 0.29) is 1.43 Å². The molecule has 0 aliphatic rings. The van der Waals surface area contributed by atoms with E-state index >= 15 is 0 Å². The molecule has 0 radical (unpaired) electrons. The molecule has 0 aromatic rings. The molecule has 1 heteroatoms. The van der Waals surface area contributed by atoms with E-state index in [1.165, 1.54) is 0 Å². The zero-order chi connectivity index (χ0) is 4.12. The highest BCUT2D eigenvalue weighted by molar-refractivity contribution is 4.23. The molecule has 34 valence electrons. The predicted molar refractivity (Wildman–Crippen MR) is 24.1 cm³/mol. The molecule has 0 spiro atoms. The summed E-state index contributed by atoms with van der Waals surface area (Å²) in [5.74, 6) is 0. The van der Waals surface area contributed by atoms with Crippen LogP contribution >= 0.6 is 0 Å². The first-order chi connectivity index (χ1) is 2.41. The second-order valence-electron chi connectivity index (χ2n) is 1.08. The molecule has 0 saturated heterocycles. The van der Waals surface area contributed by atoms with Crippen molar-refractivity contribution >= 4 is 0 Å². The Labute approximate surface area is 34.1 Å². The Morgan fingerprint density at radius 2 is 2.40 bits per heavy atom. The average Bonchev–Trinajstić information content (AvgIpc) is 1.41. The average molecular weight is 77.1 g/mol. The molecule has 0 aromatic carbocycles. The van der Waals surface area contributed by atoms with Gasteiger partial charge in [0.25, 0.3) is 0 Å². The zero-order valence-electron chi connectivity index (χ0n) is 3.57. The molecule has 0 unspecified atom stereocenters. The maximum absolute atomic E-state index is 8.07. The summed E-state index contributed by atoms with van der Waals surface area (Å²) in [5.41, 5.74) is 0. The molecule has 5 heavy (non-hydrogen) atoms. The summed E-state index contributed by atoms with van der Waals surface area (Å²) in [4.78, 5) is 0. The lowest BCUT2D eigenvalue weighted by Gasteiger charge is -1.79. The number of hydrogen-bond donors (Lipinski definition) is 1. The Balaban J connectivity index is 0. The van der Waals surface area contributed by atoms with Crippen LogP contribution in [0.4, 0.5) is 0 Å². The van der Waals surface area contributed by atoms with E-state index in [1.54, 1.807) is 0 Å². The fourth-order valence-corrected chi connectivity index (χ4v) is 0.158. The minimum Gasteiger partial charge on any atom is -0.396 e. The normalized spacial score (nSPS) is 8.40. The van der Waals surface area contributed by atoms with Gasteiger partial charge in [-0.2, -0.15) is 0 Å². The van der Waals surface area contributed by atoms with E-state index in [1.807, 2.05) is 0 Å². The third kappa shape index (κ3) is 3.96. The van der Waals surface area contributed by atoms with Crippen LogP contribution in [0.3, 0.4) is 0 Å². The number of rotatable bonds is 2. The molecule has 0 saturated carbocycles. The van der Waals surface area contributed by atoms with Gasteiger partial charge in [-0.1, -0.05) is 13.3 Å². The molecule has 0 fully saturated rings. The molecule has 0 rings (SSSR count). The first kappa shape index (κ1) is 4.96. The molecule has 0 amide bonds. The van der Waals surface area contributed by atoms with Gasteiger partial charge < -0.3 is 5.11 Å². The summed E-state index contributed by atoms with van der Waals surface area (Å²) >= 11 is 0. The zero-order valence-corrected chi connectivity index (χ0v) is 3.57. The number of aliphatic hydroxyl groups excluding tert-OH is 1. The van der Waals surface area contributed by atoms with Crippen molar-refractivity contribution in [3.8, 4) is 0 Å². The molecule has 0 bridgehead atoms. The molecule has 0 atom stereocenters. The van der Waals surface area contributed by atoms with Gasteiger partial charge in [-0.3, -0.25) is 0 Å². The van der Waals surface area contributed by atoms with Crippen molar-refractivity contribution in [1.82, 2.24) is 0 Å². The van der Waals surface area contributed by atoms with Gasteiger partial charge in [0.05, 0.1) is 0 Å². The van der Waals surface area contributed by atoms with Crippen LogP contribution in [0.2, 0.25) is 0 Å².